The molecule has 0 aromatic heterocycles. The maximum absolute atomic E-state index is 13.1. The van der Waals surface area contributed by atoms with E-state index in [2.05, 4.69) is 55.4 Å². The molecule has 0 fully saturated rings. The third kappa shape index (κ3) is 66.6. The maximum Gasteiger partial charge on any atom is 0.472 e. The zero-order valence-corrected chi connectivity index (χ0v) is 64.8. The summed E-state index contributed by atoms with van der Waals surface area (Å²) in [5.74, 6) is 1.02. The van der Waals surface area contributed by atoms with Gasteiger partial charge < -0.3 is 33.8 Å². The molecule has 0 spiro atoms. The number of hydrogen-bond acceptors (Lipinski definition) is 15. The van der Waals surface area contributed by atoms with E-state index in [0.29, 0.717) is 25.7 Å². The first kappa shape index (κ1) is 94.1. The van der Waals surface area contributed by atoms with Gasteiger partial charge in [-0.3, -0.25) is 37.3 Å². The van der Waals surface area contributed by atoms with E-state index in [-0.39, 0.29) is 25.7 Å². The van der Waals surface area contributed by atoms with Crippen LogP contribution < -0.4 is 0 Å². The molecular formula is C77H150O17P2. The van der Waals surface area contributed by atoms with Crippen molar-refractivity contribution in [1.82, 2.24) is 0 Å². The lowest BCUT2D eigenvalue weighted by molar-refractivity contribution is -0.161. The van der Waals surface area contributed by atoms with E-state index >= 15 is 0 Å². The van der Waals surface area contributed by atoms with Gasteiger partial charge in [-0.2, -0.15) is 0 Å². The highest BCUT2D eigenvalue weighted by Crippen LogP contribution is 2.45. The number of aliphatic hydroxyl groups is 1. The van der Waals surface area contributed by atoms with Crippen LogP contribution in [0.4, 0.5) is 0 Å². The van der Waals surface area contributed by atoms with Gasteiger partial charge in [0.05, 0.1) is 26.4 Å². The lowest BCUT2D eigenvalue weighted by atomic mass is 9.99. The third-order valence-electron chi connectivity index (χ3n) is 18.9. The summed E-state index contributed by atoms with van der Waals surface area (Å²) in [5, 5.41) is 10.6. The zero-order chi connectivity index (χ0) is 71.0. The topological polar surface area (TPSA) is 237 Å². The number of esters is 4. The molecular weight excluding hydrogens is 1260 g/mol. The highest BCUT2D eigenvalue weighted by Gasteiger charge is 2.30. The zero-order valence-electron chi connectivity index (χ0n) is 63.0. The number of ether oxygens (including phenoxy) is 4. The SMILES string of the molecule is CCC(C)CCCCCCCCCCCCCCCCC(=O)OC[C@H](COP(=O)(O)OC[C@@H](O)COP(=O)(O)OC[C@@H](COC(=O)CCCCCCCCC(C)CC)OC(=O)CCCCCCCCCCC(C)CC)OC(=O)CCCCCCCCCCCCCCCC(C)C. The van der Waals surface area contributed by atoms with E-state index in [1.165, 1.54) is 186 Å². The maximum atomic E-state index is 13.1. The Morgan fingerprint density at radius 3 is 0.740 bits per heavy atom. The standard InChI is InChI=1S/C77H150O17P2/c1-9-68(6)54-46-38-30-24-20-16-12-13-17-21-25-32-41-49-57-74(79)87-63-72(93-76(81)59-51-43-33-26-22-18-14-15-19-23-29-37-45-53-67(4)5)65-91-95(83,84)89-61-71(78)62-90-96(85,86)92-66-73(64-88-75(80)58-50-42-36-35-40-48-56-70(8)11-3)94-77(82)60-52-44-34-28-27-31-39-47-55-69(7)10-2/h67-73,78H,9-66H2,1-8H3,(H,83,84)(H,85,86)/t68?,69?,70?,71-,72-,73-/m1/s1. The molecule has 0 aliphatic rings. The molecule has 0 bridgehead atoms. The van der Waals surface area contributed by atoms with Crippen molar-refractivity contribution < 1.29 is 80.2 Å². The third-order valence-corrected chi connectivity index (χ3v) is 20.8. The average Bonchev–Trinajstić information content (AvgIpc) is 2.14. The van der Waals surface area contributed by atoms with E-state index < -0.39 is 97.5 Å². The van der Waals surface area contributed by atoms with Gasteiger partial charge in [-0.15, -0.1) is 0 Å². The molecule has 0 amide bonds. The fourth-order valence-electron chi connectivity index (χ4n) is 11.6. The largest absolute Gasteiger partial charge is 0.472 e. The molecule has 0 aromatic rings. The van der Waals surface area contributed by atoms with E-state index in [1.807, 2.05) is 0 Å². The number of carbonyl (C=O) groups excluding carboxylic acids is 4. The summed E-state index contributed by atoms with van der Waals surface area (Å²) < 4.78 is 68.6. The van der Waals surface area contributed by atoms with Crippen LogP contribution in [0.1, 0.15) is 389 Å². The molecule has 96 heavy (non-hydrogen) atoms. The number of rotatable bonds is 74. The number of hydrogen-bond donors (Lipinski definition) is 3. The smallest absolute Gasteiger partial charge is 0.462 e. The minimum atomic E-state index is -4.96. The predicted molar refractivity (Wildman–Crippen MR) is 391 cm³/mol. The van der Waals surface area contributed by atoms with Crippen molar-refractivity contribution in [1.29, 1.82) is 0 Å². The van der Waals surface area contributed by atoms with Crippen molar-refractivity contribution in [3.05, 3.63) is 0 Å². The van der Waals surface area contributed by atoms with Crippen molar-refractivity contribution in [2.75, 3.05) is 39.6 Å². The average molecular weight is 1410 g/mol. The lowest BCUT2D eigenvalue weighted by Crippen LogP contribution is -2.30. The second-order valence-electron chi connectivity index (χ2n) is 28.9. The fraction of sp³-hybridized carbons (Fsp3) is 0.948. The van der Waals surface area contributed by atoms with E-state index in [4.69, 9.17) is 37.0 Å². The van der Waals surface area contributed by atoms with Gasteiger partial charge in [-0.25, -0.2) is 9.13 Å². The summed E-state index contributed by atoms with van der Waals surface area (Å²) in [6, 6.07) is 0. The lowest BCUT2D eigenvalue weighted by Gasteiger charge is -2.21. The van der Waals surface area contributed by atoms with Crippen molar-refractivity contribution in [3.8, 4) is 0 Å². The molecule has 0 aromatic carbocycles. The molecule has 5 unspecified atom stereocenters. The van der Waals surface area contributed by atoms with Gasteiger partial charge in [0.2, 0.25) is 0 Å². The summed E-state index contributed by atoms with van der Waals surface area (Å²) in [4.78, 5) is 72.9. The normalized spacial score (nSPS) is 15.0. The van der Waals surface area contributed by atoms with E-state index in [1.54, 1.807) is 0 Å². The van der Waals surface area contributed by atoms with Crippen molar-refractivity contribution in [2.45, 2.75) is 408 Å². The molecule has 0 rings (SSSR count). The fourth-order valence-corrected chi connectivity index (χ4v) is 13.2. The molecule has 0 heterocycles. The minimum Gasteiger partial charge on any atom is -0.462 e. The van der Waals surface area contributed by atoms with Crippen LogP contribution in [-0.2, 0) is 65.4 Å². The first-order valence-corrected chi connectivity index (χ1v) is 42.8. The number of phosphoric acid groups is 2. The summed E-state index contributed by atoms with van der Waals surface area (Å²) in [7, 11) is -9.92. The number of aliphatic hydroxyl groups excluding tert-OH is 1. The first-order valence-electron chi connectivity index (χ1n) is 39.8. The van der Waals surface area contributed by atoms with Crippen molar-refractivity contribution in [3.63, 3.8) is 0 Å². The summed E-state index contributed by atoms with van der Waals surface area (Å²) in [6.45, 7) is 14.2. The highest BCUT2D eigenvalue weighted by molar-refractivity contribution is 7.47. The van der Waals surface area contributed by atoms with Crippen LogP contribution in [0.2, 0.25) is 0 Å². The molecule has 8 atom stereocenters. The Morgan fingerprint density at radius 2 is 0.500 bits per heavy atom. The molecule has 0 radical (unpaired) electrons. The molecule has 570 valence electrons. The molecule has 19 heteroatoms. The number of unbranched alkanes of at least 4 members (excludes halogenated alkanes) is 37. The van der Waals surface area contributed by atoms with Crippen LogP contribution in [0, 0.1) is 23.7 Å². The van der Waals surface area contributed by atoms with Gasteiger partial charge in [0, 0.05) is 25.7 Å². The monoisotopic (exact) mass is 1410 g/mol. The van der Waals surface area contributed by atoms with Gasteiger partial charge in [-0.1, -0.05) is 338 Å². The minimum absolute atomic E-state index is 0.104. The van der Waals surface area contributed by atoms with Crippen molar-refractivity contribution in [2.24, 2.45) is 23.7 Å². The highest BCUT2D eigenvalue weighted by atomic mass is 31.2. The van der Waals surface area contributed by atoms with Crippen LogP contribution in [0.5, 0.6) is 0 Å². The molecule has 0 saturated heterocycles. The first-order chi connectivity index (χ1) is 46.2. The molecule has 0 aliphatic carbocycles. The molecule has 17 nitrogen and oxygen atoms in total. The second kappa shape index (κ2) is 66.3. The quantitative estimate of drug-likeness (QED) is 0.0222. The summed E-state index contributed by atoms with van der Waals surface area (Å²) in [6.07, 6.45) is 51.2. The Morgan fingerprint density at radius 1 is 0.292 bits per heavy atom. The van der Waals surface area contributed by atoms with Crippen LogP contribution in [0.25, 0.3) is 0 Å². The van der Waals surface area contributed by atoms with Crippen LogP contribution in [0.15, 0.2) is 0 Å². The Hall–Kier alpha value is -1.94. The Balaban J connectivity index is 5.25. The molecule has 0 aliphatic heterocycles. The van der Waals surface area contributed by atoms with Crippen LogP contribution >= 0.6 is 15.6 Å². The van der Waals surface area contributed by atoms with Crippen LogP contribution in [0.3, 0.4) is 0 Å². The molecule has 0 saturated carbocycles. The van der Waals surface area contributed by atoms with Gasteiger partial charge >= 0.3 is 39.5 Å². The second-order valence-corrected chi connectivity index (χ2v) is 31.9. The Bertz CT molecular complexity index is 1890. The van der Waals surface area contributed by atoms with E-state index in [0.717, 1.165) is 120 Å². The summed E-state index contributed by atoms with van der Waals surface area (Å²) in [5.41, 5.74) is 0. The van der Waals surface area contributed by atoms with Gasteiger partial charge in [0.1, 0.15) is 19.3 Å². The number of carbonyl (C=O) groups is 4. The predicted octanol–water partition coefficient (Wildman–Crippen LogP) is 22.4. The summed E-state index contributed by atoms with van der Waals surface area (Å²) >= 11 is 0. The molecule has 3 N–H and O–H groups in total. The van der Waals surface area contributed by atoms with Gasteiger partial charge in [-0.05, 0) is 49.4 Å². The van der Waals surface area contributed by atoms with Crippen molar-refractivity contribution >= 4 is 39.5 Å². The van der Waals surface area contributed by atoms with Crippen LogP contribution in [-0.4, -0.2) is 96.7 Å². The van der Waals surface area contributed by atoms with E-state index in [9.17, 15) is 43.2 Å². The Kier molecular flexibility index (Phi) is 65.0. The van der Waals surface area contributed by atoms with Gasteiger partial charge in [0.15, 0.2) is 12.2 Å². The Labute approximate surface area is 588 Å². The number of phosphoric ester groups is 2. The van der Waals surface area contributed by atoms with Gasteiger partial charge in [0.25, 0.3) is 0 Å².